The molecule has 2 heterocycles. The summed E-state index contributed by atoms with van der Waals surface area (Å²) in [6, 6.07) is 5.89. The van der Waals surface area contributed by atoms with Gasteiger partial charge in [-0.3, -0.25) is 4.79 Å². The van der Waals surface area contributed by atoms with Gasteiger partial charge in [-0.2, -0.15) is 0 Å². The third kappa shape index (κ3) is 2.25. The Hall–Kier alpha value is -1.42. The SMILES string of the molecule is O=C1CC(Cl)CN1CCc1ccc2c(c1)OCO2. The van der Waals surface area contributed by atoms with Crippen LogP contribution in [0.4, 0.5) is 0 Å². The molecule has 1 unspecified atom stereocenters. The number of halogens is 1. The lowest BCUT2D eigenvalue weighted by molar-refractivity contribution is -0.127. The van der Waals surface area contributed by atoms with Crippen LogP contribution in [0.25, 0.3) is 0 Å². The molecule has 0 bridgehead atoms. The molecule has 1 amide bonds. The lowest BCUT2D eigenvalue weighted by Crippen LogP contribution is -2.27. The van der Waals surface area contributed by atoms with Gasteiger partial charge >= 0.3 is 0 Å². The third-order valence-electron chi connectivity index (χ3n) is 3.27. The summed E-state index contributed by atoms with van der Waals surface area (Å²) in [6.07, 6.45) is 1.27. The van der Waals surface area contributed by atoms with Gasteiger partial charge in [-0.1, -0.05) is 6.07 Å². The molecule has 1 atom stereocenters. The summed E-state index contributed by atoms with van der Waals surface area (Å²) in [7, 11) is 0. The van der Waals surface area contributed by atoms with E-state index in [0.29, 0.717) is 19.5 Å². The van der Waals surface area contributed by atoms with Gasteiger partial charge in [-0.15, -0.1) is 11.6 Å². The highest BCUT2D eigenvalue weighted by atomic mass is 35.5. The summed E-state index contributed by atoms with van der Waals surface area (Å²) in [6.45, 7) is 1.66. The summed E-state index contributed by atoms with van der Waals surface area (Å²) in [5.41, 5.74) is 1.14. The summed E-state index contributed by atoms with van der Waals surface area (Å²) in [5, 5.41) is -0.0331. The molecular formula is C13H14ClNO3. The maximum Gasteiger partial charge on any atom is 0.231 e. The number of likely N-dealkylation sites (tertiary alicyclic amines) is 1. The van der Waals surface area contributed by atoms with Gasteiger partial charge in [0.15, 0.2) is 11.5 Å². The molecule has 0 aliphatic carbocycles. The predicted octanol–water partition coefficient (Wildman–Crippen LogP) is 1.80. The van der Waals surface area contributed by atoms with Crippen molar-refractivity contribution in [3.63, 3.8) is 0 Å². The van der Waals surface area contributed by atoms with E-state index >= 15 is 0 Å². The fourth-order valence-corrected chi connectivity index (χ4v) is 2.60. The smallest absolute Gasteiger partial charge is 0.231 e. The third-order valence-corrected chi connectivity index (χ3v) is 3.57. The zero-order valence-electron chi connectivity index (χ0n) is 9.89. The molecule has 0 N–H and O–H groups in total. The highest BCUT2D eigenvalue weighted by molar-refractivity contribution is 6.22. The summed E-state index contributed by atoms with van der Waals surface area (Å²) in [4.78, 5) is 13.4. The highest BCUT2D eigenvalue weighted by Crippen LogP contribution is 2.32. The summed E-state index contributed by atoms with van der Waals surface area (Å²) >= 11 is 5.96. The normalized spacial score (nSPS) is 21.7. The number of alkyl halides is 1. The van der Waals surface area contributed by atoms with Crippen LogP contribution in [0.15, 0.2) is 18.2 Å². The number of carbonyl (C=O) groups is 1. The second-order valence-electron chi connectivity index (χ2n) is 4.58. The van der Waals surface area contributed by atoms with Crippen molar-refractivity contribution < 1.29 is 14.3 Å². The molecule has 5 heteroatoms. The van der Waals surface area contributed by atoms with Crippen LogP contribution >= 0.6 is 11.6 Å². The first-order valence-electron chi connectivity index (χ1n) is 6.03. The quantitative estimate of drug-likeness (QED) is 0.784. The van der Waals surface area contributed by atoms with E-state index in [1.54, 1.807) is 0 Å². The minimum absolute atomic E-state index is 0.0331. The topological polar surface area (TPSA) is 38.8 Å². The number of fused-ring (bicyclic) bond motifs is 1. The van der Waals surface area contributed by atoms with E-state index in [9.17, 15) is 4.79 Å². The van der Waals surface area contributed by atoms with Crippen LogP contribution in [-0.2, 0) is 11.2 Å². The van der Waals surface area contributed by atoms with Crippen molar-refractivity contribution in [2.24, 2.45) is 0 Å². The highest BCUT2D eigenvalue weighted by Gasteiger charge is 2.27. The van der Waals surface area contributed by atoms with Gasteiger partial charge in [0.25, 0.3) is 0 Å². The van der Waals surface area contributed by atoms with Crippen LogP contribution < -0.4 is 9.47 Å². The first kappa shape index (κ1) is 11.7. The molecule has 1 aromatic carbocycles. The molecule has 1 saturated heterocycles. The van der Waals surface area contributed by atoms with Gasteiger partial charge in [-0.05, 0) is 24.1 Å². The Bertz CT molecular complexity index is 477. The van der Waals surface area contributed by atoms with Crippen molar-refractivity contribution in [3.8, 4) is 11.5 Å². The lowest BCUT2D eigenvalue weighted by Gasteiger charge is -2.15. The number of benzene rings is 1. The number of hydrogen-bond acceptors (Lipinski definition) is 3. The van der Waals surface area contributed by atoms with Crippen LogP contribution in [0.5, 0.6) is 11.5 Å². The molecule has 0 saturated carbocycles. The van der Waals surface area contributed by atoms with E-state index < -0.39 is 0 Å². The first-order chi connectivity index (χ1) is 8.72. The molecule has 18 heavy (non-hydrogen) atoms. The minimum Gasteiger partial charge on any atom is -0.454 e. The maximum absolute atomic E-state index is 11.6. The van der Waals surface area contributed by atoms with E-state index in [4.69, 9.17) is 21.1 Å². The molecule has 4 nitrogen and oxygen atoms in total. The Balaban J connectivity index is 1.62. The van der Waals surface area contributed by atoms with E-state index in [2.05, 4.69) is 0 Å². The maximum atomic E-state index is 11.6. The molecule has 0 radical (unpaired) electrons. The van der Waals surface area contributed by atoms with Crippen molar-refractivity contribution in [1.82, 2.24) is 4.90 Å². The van der Waals surface area contributed by atoms with Crippen molar-refractivity contribution in [2.45, 2.75) is 18.2 Å². The number of nitrogens with zero attached hydrogens (tertiary/aromatic N) is 1. The monoisotopic (exact) mass is 267 g/mol. The Kier molecular flexibility index (Phi) is 3.04. The molecular weight excluding hydrogens is 254 g/mol. The zero-order valence-corrected chi connectivity index (χ0v) is 10.7. The largest absolute Gasteiger partial charge is 0.454 e. The fraction of sp³-hybridized carbons (Fsp3) is 0.462. The second-order valence-corrected chi connectivity index (χ2v) is 5.20. The Morgan fingerprint density at radius 2 is 2.17 bits per heavy atom. The Morgan fingerprint density at radius 1 is 1.33 bits per heavy atom. The Labute approximate surface area is 110 Å². The zero-order chi connectivity index (χ0) is 12.5. The fourth-order valence-electron chi connectivity index (χ4n) is 2.30. The molecule has 3 rings (SSSR count). The molecule has 1 fully saturated rings. The van der Waals surface area contributed by atoms with Gasteiger partial charge in [0.05, 0.1) is 5.38 Å². The number of carbonyl (C=O) groups excluding carboxylic acids is 1. The van der Waals surface area contributed by atoms with Crippen molar-refractivity contribution >= 4 is 17.5 Å². The van der Waals surface area contributed by atoms with Crippen LogP contribution in [0.3, 0.4) is 0 Å². The number of ether oxygens (including phenoxy) is 2. The van der Waals surface area contributed by atoms with E-state index in [1.807, 2.05) is 23.1 Å². The average molecular weight is 268 g/mol. The first-order valence-corrected chi connectivity index (χ1v) is 6.46. The van der Waals surface area contributed by atoms with Gasteiger partial charge in [-0.25, -0.2) is 0 Å². The van der Waals surface area contributed by atoms with Crippen LogP contribution in [0.2, 0.25) is 0 Å². The van der Waals surface area contributed by atoms with Crippen molar-refractivity contribution in [3.05, 3.63) is 23.8 Å². The van der Waals surface area contributed by atoms with Crippen LogP contribution in [0, 0.1) is 0 Å². The van der Waals surface area contributed by atoms with Gasteiger partial charge in [0.1, 0.15) is 0 Å². The lowest BCUT2D eigenvalue weighted by atomic mass is 10.1. The van der Waals surface area contributed by atoms with Crippen LogP contribution in [0.1, 0.15) is 12.0 Å². The molecule has 1 aromatic rings. The molecule has 0 spiro atoms. The predicted molar refractivity (Wildman–Crippen MR) is 67.1 cm³/mol. The van der Waals surface area contributed by atoms with E-state index in [0.717, 1.165) is 23.5 Å². The minimum atomic E-state index is -0.0331. The summed E-state index contributed by atoms with van der Waals surface area (Å²) < 4.78 is 10.6. The second kappa shape index (κ2) is 4.69. The van der Waals surface area contributed by atoms with E-state index in [1.165, 1.54) is 0 Å². The molecule has 96 valence electrons. The molecule has 0 aromatic heterocycles. The average Bonchev–Trinajstić information content (AvgIpc) is 2.92. The van der Waals surface area contributed by atoms with Gasteiger partial charge in [0, 0.05) is 19.5 Å². The van der Waals surface area contributed by atoms with E-state index in [-0.39, 0.29) is 18.1 Å². The van der Waals surface area contributed by atoms with Crippen molar-refractivity contribution in [1.29, 1.82) is 0 Å². The van der Waals surface area contributed by atoms with Gasteiger partial charge < -0.3 is 14.4 Å². The standard InChI is InChI=1S/C13H14ClNO3/c14-10-6-13(16)15(7-10)4-3-9-1-2-11-12(5-9)18-8-17-11/h1-2,5,10H,3-4,6-8H2. The van der Waals surface area contributed by atoms with Crippen LogP contribution in [-0.4, -0.2) is 36.1 Å². The molecule has 2 aliphatic rings. The van der Waals surface area contributed by atoms with Crippen molar-refractivity contribution in [2.75, 3.05) is 19.9 Å². The molecule has 2 aliphatic heterocycles. The number of amides is 1. The Morgan fingerprint density at radius 3 is 2.94 bits per heavy atom. The summed E-state index contributed by atoms with van der Waals surface area (Å²) in [5.74, 6) is 1.73. The van der Waals surface area contributed by atoms with Gasteiger partial charge in [0.2, 0.25) is 12.7 Å². The number of hydrogen-bond donors (Lipinski definition) is 0. The number of rotatable bonds is 3.